The zero-order chi connectivity index (χ0) is 34.0. The van der Waals surface area contributed by atoms with Crippen LogP contribution in [-0.2, 0) is 23.9 Å². The molecule has 6 aliphatic rings. The number of carbonyl (C=O) groups is 3. The van der Waals surface area contributed by atoms with Gasteiger partial charge in [-0.05, 0) is 110 Å². The second-order valence-corrected chi connectivity index (χ2v) is 17.8. The lowest BCUT2D eigenvalue weighted by atomic mass is 9.33. The first kappa shape index (κ1) is 34.0. The maximum Gasteiger partial charge on any atom is 0.335 e. The molecule has 5 N–H and O–H groups in total. The Hall–Kier alpha value is -1.85. The fourth-order valence-electron chi connectivity index (χ4n) is 11.9. The number of carboxylic acid groups (broad SMARTS) is 2. The van der Waals surface area contributed by atoms with Gasteiger partial charge < -0.3 is 35.0 Å². The summed E-state index contributed by atoms with van der Waals surface area (Å²) in [5, 5.41) is 50.9. The molecular formula is C36H54O10. The molecule has 10 heteroatoms. The Morgan fingerprint density at radius 2 is 1.50 bits per heavy atom. The largest absolute Gasteiger partial charge is 0.481 e. The van der Waals surface area contributed by atoms with E-state index in [-0.39, 0.29) is 45.2 Å². The van der Waals surface area contributed by atoms with Crippen molar-refractivity contribution < 1.29 is 49.4 Å². The molecule has 1 saturated heterocycles. The Kier molecular flexibility index (Phi) is 7.82. The van der Waals surface area contributed by atoms with Crippen molar-refractivity contribution in [2.24, 2.45) is 50.2 Å². The van der Waals surface area contributed by atoms with Crippen molar-refractivity contribution >= 4 is 17.7 Å². The Bertz CT molecular complexity index is 1340. The Morgan fingerprint density at radius 3 is 2.13 bits per heavy atom. The lowest BCUT2D eigenvalue weighted by Crippen LogP contribution is -2.67. The number of aliphatic hydroxyl groups is 3. The van der Waals surface area contributed by atoms with Crippen molar-refractivity contribution in [2.75, 3.05) is 0 Å². The van der Waals surface area contributed by atoms with Crippen LogP contribution in [0.3, 0.4) is 0 Å². The summed E-state index contributed by atoms with van der Waals surface area (Å²) in [6.45, 7) is 15.3. The monoisotopic (exact) mass is 646 g/mol. The molecule has 14 atom stereocenters. The smallest absolute Gasteiger partial charge is 0.335 e. The highest BCUT2D eigenvalue weighted by molar-refractivity contribution is 5.95. The number of fused-ring (bicyclic) bond motifs is 7. The maximum atomic E-state index is 14.6. The molecule has 6 rings (SSSR count). The van der Waals surface area contributed by atoms with Gasteiger partial charge in [0.1, 0.15) is 18.3 Å². The Morgan fingerprint density at radius 1 is 0.848 bits per heavy atom. The Labute approximate surface area is 271 Å². The van der Waals surface area contributed by atoms with Crippen molar-refractivity contribution in [3.63, 3.8) is 0 Å². The molecule has 0 aromatic carbocycles. The molecule has 1 aliphatic heterocycles. The minimum Gasteiger partial charge on any atom is -0.481 e. The predicted octanol–water partition coefficient (Wildman–Crippen LogP) is 4.33. The van der Waals surface area contributed by atoms with Crippen molar-refractivity contribution in [1.29, 1.82) is 0 Å². The molecule has 46 heavy (non-hydrogen) atoms. The van der Waals surface area contributed by atoms with Gasteiger partial charge in [-0.25, -0.2) is 4.79 Å². The minimum atomic E-state index is -1.79. The third-order valence-electron chi connectivity index (χ3n) is 15.1. The van der Waals surface area contributed by atoms with Gasteiger partial charge in [-0.1, -0.05) is 47.1 Å². The van der Waals surface area contributed by atoms with Crippen LogP contribution in [-0.4, -0.2) is 80.1 Å². The first-order valence-corrected chi connectivity index (χ1v) is 17.2. The summed E-state index contributed by atoms with van der Waals surface area (Å²) in [6, 6.07) is 0. The molecule has 0 aromatic rings. The number of rotatable bonds is 4. The van der Waals surface area contributed by atoms with Crippen LogP contribution in [0.25, 0.3) is 0 Å². The van der Waals surface area contributed by atoms with E-state index in [4.69, 9.17) is 9.47 Å². The van der Waals surface area contributed by atoms with Crippen LogP contribution in [0.4, 0.5) is 0 Å². The molecule has 258 valence electrons. The summed E-state index contributed by atoms with van der Waals surface area (Å²) in [4.78, 5) is 38.7. The van der Waals surface area contributed by atoms with Gasteiger partial charge in [0, 0.05) is 5.92 Å². The third-order valence-corrected chi connectivity index (χ3v) is 15.1. The number of allylic oxidation sites excluding steroid dienone is 2. The highest BCUT2D eigenvalue weighted by Crippen LogP contribution is 2.75. The summed E-state index contributed by atoms with van der Waals surface area (Å²) in [5.74, 6) is -2.15. The fourth-order valence-corrected chi connectivity index (χ4v) is 11.9. The lowest BCUT2D eigenvalue weighted by molar-refractivity contribution is -0.323. The summed E-state index contributed by atoms with van der Waals surface area (Å²) in [6.07, 6.45) is 0.183. The molecule has 0 aromatic heterocycles. The van der Waals surface area contributed by atoms with Crippen LogP contribution >= 0.6 is 0 Å². The average Bonchev–Trinajstić information content (AvgIpc) is 2.96. The van der Waals surface area contributed by atoms with Gasteiger partial charge in [0.25, 0.3) is 0 Å². The highest BCUT2D eigenvalue weighted by atomic mass is 16.7. The van der Waals surface area contributed by atoms with Crippen LogP contribution in [0, 0.1) is 50.2 Å². The lowest BCUT2D eigenvalue weighted by Gasteiger charge is -2.70. The molecule has 10 nitrogen and oxygen atoms in total. The molecule has 0 amide bonds. The van der Waals surface area contributed by atoms with Crippen LogP contribution in [0.15, 0.2) is 11.6 Å². The van der Waals surface area contributed by atoms with Gasteiger partial charge in [-0.2, -0.15) is 0 Å². The van der Waals surface area contributed by atoms with E-state index in [2.05, 4.69) is 41.5 Å². The topological polar surface area (TPSA) is 171 Å². The van der Waals surface area contributed by atoms with Gasteiger partial charge >= 0.3 is 11.9 Å². The molecule has 5 aliphatic carbocycles. The maximum absolute atomic E-state index is 14.6. The van der Waals surface area contributed by atoms with Gasteiger partial charge in [-0.3, -0.25) is 9.59 Å². The zero-order valence-corrected chi connectivity index (χ0v) is 28.4. The van der Waals surface area contributed by atoms with Crippen LogP contribution in [0.5, 0.6) is 0 Å². The van der Waals surface area contributed by atoms with E-state index < -0.39 is 59.6 Å². The first-order chi connectivity index (χ1) is 21.2. The SMILES string of the molecule is CC1(C)C2CC[C@]3(C)[C@H](C(=O)C=C4[C@@H]5C[C@@](C)(C(=O)O)CC[C@]5(C)CC[C@]43C)[C@@]2(C)CC[C@@H]1O[C@@H]1O[C@H](C(=O)O)[C@@H](O)[C@H](O)[C@H]1O. The van der Waals surface area contributed by atoms with Crippen LogP contribution in [0.1, 0.15) is 106 Å². The van der Waals surface area contributed by atoms with Gasteiger partial charge in [0.05, 0.1) is 11.5 Å². The quantitative estimate of drug-likeness (QED) is 0.277. The van der Waals surface area contributed by atoms with E-state index in [9.17, 15) is 39.9 Å². The van der Waals surface area contributed by atoms with Crippen molar-refractivity contribution in [1.82, 2.24) is 0 Å². The van der Waals surface area contributed by atoms with E-state index in [1.165, 1.54) is 5.57 Å². The molecule has 4 saturated carbocycles. The van der Waals surface area contributed by atoms with Crippen molar-refractivity contribution in [3.05, 3.63) is 11.6 Å². The summed E-state index contributed by atoms with van der Waals surface area (Å²) in [7, 11) is 0. The van der Waals surface area contributed by atoms with Crippen molar-refractivity contribution in [3.8, 4) is 0 Å². The number of aliphatic carboxylic acids is 2. The predicted molar refractivity (Wildman–Crippen MR) is 166 cm³/mol. The average molecular weight is 647 g/mol. The van der Waals surface area contributed by atoms with Gasteiger partial charge in [0.2, 0.25) is 0 Å². The van der Waals surface area contributed by atoms with Crippen LogP contribution in [0.2, 0.25) is 0 Å². The van der Waals surface area contributed by atoms with E-state index >= 15 is 0 Å². The minimum absolute atomic E-state index is 0.0166. The van der Waals surface area contributed by atoms with Gasteiger partial charge in [0.15, 0.2) is 18.2 Å². The van der Waals surface area contributed by atoms with E-state index in [1.54, 1.807) is 0 Å². The molecule has 5 fully saturated rings. The molecule has 1 heterocycles. The van der Waals surface area contributed by atoms with Crippen molar-refractivity contribution in [2.45, 2.75) is 143 Å². The van der Waals surface area contributed by atoms with Crippen LogP contribution < -0.4 is 0 Å². The number of carbonyl (C=O) groups excluding carboxylic acids is 1. The standard InChI is InChI=1S/C36H54O10/c1-31(2)21-8-11-36(7)27(34(21,5)10-9-22(31)45-29-25(40)23(38)24(39)26(46-29)28(41)42)20(37)16-18-19-17-33(4,30(43)44)13-12-32(19,3)14-15-35(18,36)6/h16,19,21-27,29,38-40H,8-15,17H2,1-7H3,(H,41,42)(H,43,44)/t19-,21?,22-,23-,24-,25+,26-,27+,29+,32+,33-,34-,35+,36+/m0/s1. The molecule has 0 spiro atoms. The van der Waals surface area contributed by atoms with E-state index in [0.717, 1.165) is 32.1 Å². The summed E-state index contributed by atoms with van der Waals surface area (Å²) in [5.41, 5.74) is -1.03. The van der Waals surface area contributed by atoms with E-state index in [0.29, 0.717) is 25.7 Å². The number of aliphatic hydroxyl groups excluding tert-OH is 3. The highest BCUT2D eigenvalue weighted by Gasteiger charge is 2.70. The molecule has 0 bridgehead atoms. The first-order valence-electron chi connectivity index (χ1n) is 17.2. The normalized spacial score (nSPS) is 53.1. The van der Waals surface area contributed by atoms with E-state index in [1.807, 2.05) is 13.0 Å². The number of ether oxygens (including phenoxy) is 2. The number of hydrogen-bond acceptors (Lipinski definition) is 8. The number of carboxylic acids is 2. The summed E-state index contributed by atoms with van der Waals surface area (Å²) >= 11 is 0. The summed E-state index contributed by atoms with van der Waals surface area (Å²) < 4.78 is 11.8. The van der Waals surface area contributed by atoms with Gasteiger partial charge in [-0.15, -0.1) is 0 Å². The zero-order valence-electron chi connectivity index (χ0n) is 28.4. The molecule has 1 unspecified atom stereocenters. The molecule has 0 radical (unpaired) electrons. The number of ketones is 1. The fraction of sp³-hybridized carbons (Fsp3) is 0.861. The third kappa shape index (κ3) is 4.49. The number of hydrogen-bond donors (Lipinski definition) is 5. The second kappa shape index (κ2) is 10.6. The molecular weight excluding hydrogens is 592 g/mol. The second-order valence-electron chi connectivity index (χ2n) is 17.8. The Balaban J connectivity index is 1.31.